The van der Waals surface area contributed by atoms with Crippen LogP contribution in [0, 0.1) is 18.3 Å². The Bertz CT molecular complexity index is 1040. The number of fused-ring (bicyclic) bond motifs is 1. The smallest absolute Gasteiger partial charge is 0.261 e. The van der Waals surface area contributed by atoms with Crippen molar-refractivity contribution in [2.45, 2.75) is 19.9 Å². The van der Waals surface area contributed by atoms with Crippen molar-refractivity contribution in [2.24, 2.45) is 12.8 Å². The maximum atomic E-state index is 12.8. The zero-order valence-corrected chi connectivity index (χ0v) is 13.9. The Kier molecular flexibility index (Phi) is 3.92. The van der Waals surface area contributed by atoms with Crippen molar-refractivity contribution in [1.29, 1.82) is 5.26 Å². The molecule has 0 spiro atoms. The molecular weight excluding hydrogens is 300 g/mol. The molecule has 0 aliphatic rings. The molecule has 0 amide bonds. The number of rotatable bonds is 2. The van der Waals surface area contributed by atoms with E-state index >= 15 is 0 Å². The van der Waals surface area contributed by atoms with Gasteiger partial charge < -0.3 is 5.73 Å². The van der Waals surface area contributed by atoms with Crippen molar-refractivity contribution in [3.8, 4) is 17.5 Å². The van der Waals surface area contributed by atoms with E-state index in [1.54, 1.807) is 25.2 Å². The van der Waals surface area contributed by atoms with Gasteiger partial charge in [-0.25, -0.2) is 4.98 Å². The molecule has 1 heterocycles. The molecule has 0 unspecified atom stereocenters. The third-order valence-corrected chi connectivity index (χ3v) is 4.13. The number of nitrogens with zero attached hydrogens (tertiary/aromatic N) is 3. The fourth-order valence-corrected chi connectivity index (χ4v) is 2.92. The van der Waals surface area contributed by atoms with Crippen molar-refractivity contribution < 1.29 is 0 Å². The Morgan fingerprint density at radius 3 is 2.67 bits per heavy atom. The average Bonchev–Trinajstić information content (AvgIpc) is 2.57. The van der Waals surface area contributed by atoms with E-state index in [0.29, 0.717) is 27.9 Å². The van der Waals surface area contributed by atoms with Gasteiger partial charge in [-0.1, -0.05) is 18.2 Å². The molecule has 3 rings (SSSR count). The van der Waals surface area contributed by atoms with Crippen molar-refractivity contribution >= 4 is 10.9 Å². The average molecular weight is 318 g/mol. The van der Waals surface area contributed by atoms with Crippen molar-refractivity contribution in [2.75, 3.05) is 0 Å². The highest BCUT2D eigenvalue weighted by Gasteiger charge is 2.17. The second kappa shape index (κ2) is 5.91. The molecule has 0 bridgehead atoms. The molecule has 0 radical (unpaired) electrons. The predicted octanol–water partition coefficient (Wildman–Crippen LogP) is 2.80. The van der Waals surface area contributed by atoms with E-state index in [1.165, 1.54) is 4.57 Å². The zero-order chi connectivity index (χ0) is 17.4. The summed E-state index contributed by atoms with van der Waals surface area (Å²) < 4.78 is 1.49. The van der Waals surface area contributed by atoms with E-state index in [2.05, 4.69) is 6.07 Å². The Hall–Kier alpha value is -2.97. The first-order valence-corrected chi connectivity index (χ1v) is 7.70. The summed E-state index contributed by atoms with van der Waals surface area (Å²) in [4.78, 5) is 17.6. The largest absolute Gasteiger partial charge is 0.324 e. The second-order valence-corrected chi connectivity index (χ2v) is 6.00. The van der Waals surface area contributed by atoms with Gasteiger partial charge in [-0.05, 0) is 43.2 Å². The summed E-state index contributed by atoms with van der Waals surface area (Å²) in [6.07, 6.45) is 0. The molecule has 1 atom stereocenters. The van der Waals surface area contributed by atoms with Crippen LogP contribution >= 0.6 is 0 Å². The fourth-order valence-electron chi connectivity index (χ4n) is 2.92. The molecule has 0 fully saturated rings. The standard InChI is InChI=1S/C19H18N4O/c1-11-8-15(12(2)21)17-16(9-11)19(24)23(3)18(22-17)14-7-5-4-6-13(14)10-20/h4-9,12H,21H2,1-3H3/t12-/m1/s1. The summed E-state index contributed by atoms with van der Waals surface area (Å²) in [5.74, 6) is 0.468. The van der Waals surface area contributed by atoms with E-state index in [9.17, 15) is 10.1 Å². The lowest BCUT2D eigenvalue weighted by Crippen LogP contribution is -2.22. The van der Waals surface area contributed by atoms with Gasteiger partial charge in [-0.3, -0.25) is 9.36 Å². The molecule has 3 aromatic rings. The molecule has 1 aromatic heterocycles. The van der Waals surface area contributed by atoms with Gasteiger partial charge in [0.2, 0.25) is 0 Å². The van der Waals surface area contributed by atoms with Crippen LogP contribution in [0.4, 0.5) is 0 Å². The third kappa shape index (κ3) is 2.47. The maximum Gasteiger partial charge on any atom is 0.261 e. The summed E-state index contributed by atoms with van der Waals surface area (Å²) in [7, 11) is 1.67. The minimum absolute atomic E-state index is 0.145. The van der Waals surface area contributed by atoms with Crippen LogP contribution < -0.4 is 11.3 Å². The van der Waals surface area contributed by atoms with E-state index in [1.807, 2.05) is 32.0 Å². The van der Waals surface area contributed by atoms with Crippen LogP contribution in [0.2, 0.25) is 0 Å². The van der Waals surface area contributed by atoms with Crippen LogP contribution in [-0.2, 0) is 7.05 Å². The molecule has 120 valence electrons. The molecule has 24 heavy (non-hydrogen) atoms. The second-order valence-electron chi connectivity index (χ2n) is 6.00. The van der Waals surface area contributed by atoms with E-state index in [-0.39, 0.29) is 11.6 Å². The summed E-state index contributed by atoms with van der Waals surface area (Å²) in [5, 5.41) is 9.89. The monoisotopic (exact) mass is 318 g/mol. The highest BCUT2D eigenvalue weighted by molar-refractivity contribution is 5.84. The van der Waals surface area contributed by atoms with Crippen molar-refractivity contribution in [3.63, 3.8) is 0 Å². The van der Waals surface area contributed by atoms with Crippen molar-refractivity contribution in [3.05, 3.63) is 63.4 Å². The Balaban J connectivity index is 2.46. The van der Waals surface area contributed by atoms with Crippen LogP contribution in [0.1, 0.15) is 29.7 Å². The van der Waals surface area contributed by atoms with Gasteiger partial charge >= 0.3 is 0 Å². The number of aryl methyl sites for hydroxylation is 1. The van der Waals surface area contributed by atoms with Crippen LogP contribution in [0.15, 0.2) is 41.2 Å². The first kappa shape index (κ1) is 15.9. The molecule has 0 aliphatic heterocycles. The maximum absolute atomic E-state index is 12.8. The van der Waals surface area contributed by atoms with E-state index in [4.69, 9.17) is 10.7 Å². The van der Waals surface area contributed by atoms with Crippen LogP contribution in [0.25, 0.3) is 22.3 Å². The van der Waals surface area contributed by atoms with Gasteiger partial charge in [0, 0.05) is 18.7 Å². The lowest BCUT2D eigenvalue weighted by atomic mass is 10.0. The highest BCUT2D eigenvalue weighted by atomic mass is 16.1. The molecule has 5 heteroatoms. The molecule has 0 saturated carbocycles. The molecule has 5 nitrogen and oxygen atoms in total. The first-order chi connectivity index (χ1) is 11.4. The fraction of sp³-hybridized carbons (Fsp3) is 0.211. The van der Waals surface area contributed by atoms with Crippen LogP contribution in [0.3, 0.4) is 0 Å². The van der Waals surface area contributed by atoms with Gasteiger partial charge in [0.25, 0.3) is 5.56 Å². The molecule has 2 aromatic carbocycles. The van der Waals surface area contributed by atoms with E-state index in [0.717, 1.165) is 11.1 Å². The molecular formula is C19H18N4O. The summed E-state index contributed by atoms with van der Waals surface area (Å²) >= 11 is 0. The quantitative estimate of drug-likeness (QED) is 0.787. The van der Waals surface area contributed by atoms with Gasteiger partial charge in [0.1, 0.15) is 5.82 Å². The highest BCUT2D eigenvalue weighted by Crippen LogP contribution is 2.26. The predicted molar refractivity (Wildman–Crippen MR) is 94.5 cm³/mol. The summed E-state index contributed by atoms with van der Waals surface area (Å²) in [6, 6.07) is 12.8. The number of aromatic nitrogens is 2. The number of hydrogen-bond donors (Lipinski definition) is 1. The summed E-state index contributed by atoms with van der Waals surface area (Å²) in [6.45, 7) is 3.81. The Labute approximate surface area is 140 Å². The van der Waals surface area contributed by atoms with Gasteiger partial charge in [-0.15, -0.1) is 0 Å². The van der Waals surface area contributed by atoms with Crippen molar-refractivity contribution in [1.82, 2.24) is 9.55 Å². The molecule has 0 saturated heterocycles. The SMILES string of the molecule is Cc1cc([C@@H](C)N)c2nc(-c3ccccc3C#N)n(C)c(=O)c2c1. The molecule has 2 N–H and O–H groups in total. The molecule has 0 aliphatic carbocycles. The summed E-state index contributed by atoms with van der Waals surface area (Å²) in [5.41, 5.74) is 9.45. The Morgan fingerprint density at radius 1 is 1.29 bits per heavy atom. The van der Waals surface area contributed by atoms with Crippen LogP contribution in [0.5, 0.6) is 0 Å². The minimum Gasteiger partial charge on any atom is -0.324 e. The Morgan fingerprint density at radius 2 is 2.00 bits per heavy atom. The van der Waals surface area contributed by atoms with Crippen LogP contribution in [-0.4, -0.2) is 9.55 Å². The lowest BCUT2D eigenvalue weighted by molar-refractivity contribution is 0.814. The van der Waals surface area contributed by atoms with Gasteiger partial charge in [0.05, 0.1) is 22.5 Å². The zero-order valence-electron chi connectivity index (χ0n) is 13.9. The van der Waals surface area contributed by atoms with Gasteiger partial charge in [0.15, 0.2) is 0 Å². The minimum atomic E-state index is -0.244. The van der Waals surface area contributed by atoms with Gasteiger partial charge in [-0.2, -0.15) is 5.26 Å². The van der Waals surface area contributed by atoms with E-state index < -0.39 is 0 Å². The number of nitriles is 1. The number of nitrogens with two attached hydrogens (primary N) is 1. The third-order valence-electron chi connectivity index (χ3n) is 4.13. The first-order valence-electron chi connectivity index (χ1n) is 7.70. The number of hydrogen-bond acceptors (Lipinski definition) is 4. The lowest BCUT2D eigenvalue weighted by Gasteiger charge is -2.15. The number of benzene rings is 2. The topological polar surface area (TPSA) is 84.7 Å². The normalized spacial score (nSPS) is 12.1.